The van der Waals surface area contributed by atoms with Gasteiger partial charge in [-0.1, -0.05) is 12.1 Å². The molecule has 0 atom stereocenters. The van der Waals surface area contributed by atoms with Gasteiger partial charge in [-0.15, -0.1) is 0 Å². The van der Waals surface area contributed by atoms with Crippen molar-refractivity contribution >= 4 is 17.7 Å². The molecule has 0 radical (unpaired) electrons. The van der Waals surface area contributed by atoms with Gasteiger partial charge in [-0.25, -0.2) is 4.98 Å². The topological polar surface area (TPSA) is 84.4 Å². The fourth-order valence-corrected chi connectivity index (χ4v) is 4.50. The van der Waals surface area contributed by atoms with Crippen molar-refractivity contribution in [3.63, 3.8) is 0 Å². The normalized spacial score (nSPS) is 18.3. The van der Waals surface area contributed by atoms with Gasteiger partial charge in [-0.05, 0) is 48.0 Å². The van der Waals surface area contributed by atoms with Gasteiger partial charge < -0.3 is 24.2 Å². The van der Waals surface area contributed by atoms with Crippen LogP contribution in [0.2, 0.25) is 0 Å². The molecule has 1 N–H and O–H groups in total. The first-order chi connectivity index (χ1) is 16.7. The number of allylic oxidation sites excluding steroid dienone is 1. The monoisotopic (exact) mass is 457 g/mol. The molecule has 3 aliphatic heterocycles. The van der Waals surface area contributed by atoms with Crippen LogP contribution in [0.1, 0.15) is 21.5 Å². The van der Waals surface area contributed by atoms with Crippen LogP contribution in [0.5, 0.6) is 23.0 Å². The summed E-state index contributed by atoms with van der Waals surface area (Å²) in [4.78, 5) is 22.0. The molecule has 3 aromatic rings. The van der Waals surface area contributed by atoms with Crippen molar-refractivity contribution in [2.75, 3.05) is 37.9 Å². The summed E-state index contributed by atoms with van der Waals surface area (Å²) in [6.45, 7) is 3.98. The van der Waals surface area contributed by atoms with Crippen molar-refractivity contribution in [1.29, 1.82) is 0 Å². The molecule has 6 rings (SSSR count). The van der Waals surface area contributed by atoms with Crippen LogP contribution in [0.4, 0.5) is 5.82 Å². The van der Waals surface area contributed by atoms with Gasteiger partial charge in [0, 0.05) is 38.9 Å². The number of anilines is 1. The van der Waals surface area contributed by atoms with E-state index in [1.165, 1.54) is 0 Å². The van der Waals surface area contributed by atoms with Gasteiger partial charge in [0.1, 0.15) is 17.3 Å². The number of nitrogens with zero attached hydrogens (tertiary/aromatic N) is 3. The molecule has 34 heavy (non-hydrogen) atoms. The summed E-state index contributed by atoms with van der Waals surface area (Å²) in [5, 5.41) is 10.6. The van der Waals surface area contributed by atoms with Gasteiger partial charge in [0.05, 0.1) is 11.1 Å². The molecule has 0 unspecified atom stereocenters. The second kappa shape index (κ2) is 8.39. The molecule has 4 heterocycles. The molecular weight excluding hydrogens is 434 g/mol. The number of hydrogen-bond donors (Lipinski definition) is 1. The van der Waals surface area contributed by atoms with Gasteiger partial charge in [0.2, 0.25) is 12.6 Å². The molecule has 0 amide bonds. The number of phenolic OH excluding ortho intramolecular Hbond substituents is 1. The molecule has 172 valence electrons. The Labute approximate surface area is 196 Å². The fraction of sp³-hybridized carbons (Fsp3) is 0.231. The molecule has 8 nitrogen and oxygen atoms in total. The number of aromatic hydroxyl groups is 1. The minimum atomic E-state index is -0.200. The zero-order valence-electron chi connectivity index (χ0n) is 18.4. The number of rotatable bonds is 4. The number of benzene rings is 2. The van der Waals surface area contributed by atoms with Crippen LogP contribution >= 0.6 is 0 Å². The second-order valence-electron chi connectivity index (χ2n) is 8.44. The Morgan fingerprint density at radius 3 is 2.68 bits per heavy atom. The molecule has 1 fully saturated rings. The number of carbonyl (C=O) groups excluding carboxylic acids is 1. The number of fused-ring (bicyclic) bond motifs is 2. The first-order valence-corrected chi connectivity index (χ1v) is 11.2. The Morgan fingerprint density at radius 1 is 1.00 bits per heavy atom. The maximum absolute atomic E-state index is 13.0. The van der Waals surface area contributed by atoms with E-state index in [0.717, 1.165) is 37.6 Å². The third-order valence-corrected chi connectivity index (χ3v) is 6.34. The number of piperazine rings is 1. The second-order valence-corrected chi connectivity index (χ2v) is 8.44. The van der Waals surface area contributed by atoms with Crippen LogP contribution in [0.15, 0.2) is 60.5 Å². The highest BCUT2D eigenvalue weighted by molar-refractivity contribution is 6.15. The van der Waals surface area contributed by atoms with Crippen molar-refractivity contribution in [2.24, 2.45) is 0 Å². The maximum atomic E-state index is 13.0. The summed E-state index contributed by atoms with van der Waals surface area (Å²) >= 11 is 0. The predicted molar refractivity (Wildman–Crippen MR) is 125 cm³/mol. The van der Waals surface area contributed by atoms with Crippen LogP contribution in [-0.4, -0.2) is 53.7 Å². The predicted octanol–water partition coefficient (Wildman–Crippen LogP) is 3.45. The van der Waals surface area contributed by atoms with Crippen LogP contribution in [0.3, 0.4) is 0 Å². The Morgan fingerprint density at radius 2 is 1.85 bits per heavy atom. The van der Waals surface area contributed by atoms with E-state index in [9.17, 15) is 9.90 Å². The average molecular weight is 457 g/mol. The highest BCUT2D eigenvalue weighted by Gasteiger charge is 2.32. The molecule has 1 aromatic heterocycles. The van der Waals surface area contributed by atoms with Crippen LogP contribution in [0, 0.1) is 0 Å². The minimum Gasteiger partial charge on any atom is -0.507 e. The van der Waals surface area contributed by atoms with Crippen molar-refractivity contribution in [3.05, 3.63) is 77.2 Å². The summed E-state index contributed by atoms with van der Waals surface area (Å²) < 4.78 is 16.8. The Bertz CT molecular complexity index is 1280. The number of hydrogen-bond acceptors (Lipinski definition) is 8. The van der Waals surface area contributed by atoms with Crippen molar-refractivity contribution in [1.82, 2.24) is 9.88 Å². The summed E-state index contributed by atoms with van der Waals surface area (Å²) in [6.07, 6.45) is 3.49. The SMILES string of the molecule is O=C1/C(=C/c2ccc3c(c2)OCO3)Oc2c1ccc(O)c2CN1CCN(c2ccccn2)CC1. The maximum Gasteiger partial charge on any atom is 0.231 e. The van der Waals surface area contributed by atoms with Crippen LogP contribution in [-0.2, 0) is 6.54 Å². The molecular formula is C26H23N3O5. The number of ether oxygens (including phenoxy) is 3. The molecule has 1 saturated heterocycles. The van der Waals surface area contributed by atoms with E-state index >= 15 is 0 Å². The number of pyridine rings is 1. The summed E-state index contributed by atoms with van der Waals surface area (Å²) in [5.41, 5.74) is 1.87. The molecule has 0 bridgehead atoms. The third-order valence-electron chi connectivity index (χ3n) is 6.34. The van der Waals surface area contributed by atoms with Gasteiger partial charge in [0.25, 0.3) is 0 Å². The number of aromatic nitrogens is 1. The van der Waals surface area contributed by atoms with E-state index in [4.69, 9.17) is 14.2 Å². The van der Waals surface area contributed by atoms with E-state index in [1.807, 2.05) is 36.4 Å². The standard InChI is InChI=1S/C26H23N3O5/c30-20-6-5-18-25(31)23(14-17-4-7-21-22(13-17)33-16-32-21)34-26(18)19(20)15-28-9-11-29(12-10-28)24-3-1-2-8-27-24/h1-8,13-14,30H,9-12,15-16H2/b23-14-. The molecule has 0 saturated carbocycles. The zero-order valence-corrected chi connectivity index (χ0v) is 18.4. The minimum absolute atomic E-state index is 0.128. The third kappa shape index (κ3) is 3.72. The molecule has 2 aromatic carbocycles. The van der Waals surface area contributed by atoms with E-state index in [-0.39, 0.29) is 24.1 Å². The molecule has 0 aliphatic carbocycles. The Kier molecular flexibility index (Phi) is 5.07. The summed E-state index contributed by atoms with van der Waals surface area (Å²) in [6, 6.07) is 14.6. The first kappa shape index (κ1) is 20.6. The number of ketones is 1. The van der Waals surface area contributed by atoms with E-state index in [2.05, 4.69) is 14.8 Å². The van der Waals surface area contributed by atoms with Crippen molar-refractivity contribution < 1.29 is 24.1 Å². The smallest absolute Gasteiger partial charge is 0.231 e. The molecule has 0 spiro atoms. The van der Waals surface area contributed by atoms with Crippen LogP contribution in [0.25, 0.3) is 6.08 Å². The summed E-state index contributed by atoms with van der Waals surface area (Å²) in [7, 11) is 0. The van der Waals surface area contributed by atoms with Gasteiger partial charge >= 0.3 is 0 Å². The van der Waals surface area contributed by atoms with Crippen molar-refractivity contribution in [3.8, 4) is 23.0 Å². The highest BCUT2D eigenvalue weighted by Crippen LogP contribution is 2.41. The average Bonchev–Trinajstić information content (AvgIpc) is 3.46. The lowest BCUT2D eigenvalue weighted by Gasteiger charge is -2.35. The zero-order chi connectivity index (χ0) is 23.1. The molecule has 3 aliphatic rings. The highest BCUT2D eigenvalue weighted by atomic mass is 16.7. The lowest BCUT2D eigenvalue weighted by Crippen LogP contribution is -2.46. The molecule has 8 heteroatoms. The van der Waals surface area contributed by atoms with E-state index in [1.54, 1.807) is 24.4 Å². The summed E-state index contributed by atoms with van der Waals surface area (Å²) in [5.74, 6) is 2.87. The number of Topliss-reactive ketones (excluding diaryl/α,β-unsaturated/α-hetero) is 1. The lowest BCUT2D eigenvalue weighted by molar-refractivity contribution is 0.101. The first-order valence-electron chi connectivity index (χ1n) is 11.2. The lowest BCUT2D eigenvalue weighted by atomic mass is 10.0. The Hall–Kier alpha value is -4.04. The fourth-order valence-electron chi connectivity index (χ4n) is 4.50. The van der Waals surface area contributed by atoms with Crippen molar-refractivity contribution in [2.45, 2.75) is 6.54 Å². The van der Waals surface area contributed by atoms with E-state index in [0.29, 0.717) is 34.9 Å². The number of phenols is 1. The van der Waals surface area contributed by atoms with Gasteiger partial charge in [-0.2, -0.15) is 0 Å². The van der Waals surface area contributed by atoms with Gasteiger partial charge in [-0.3, -0.25) is 9.69 Å². The quantitative estimate of drug-likeness (QED) is 0.597. The Balaban J connectivity index is 1.20. The van der Waals surface area contributed by atoms with Crippen LogP contribution < -0.4 is 19.1 Å². The van der Waals surface area contributed by atoms with Gasteiger partial charge in [0.15, 0.2) is 17.3 Å². The number of carbonyl (C=O) groups is 1. The largest absolute Gasteiger partial charge is 0.507 e. The van der Waals surface area contributed by atoms with E-state index < -0.39 is 0 Å².